The number of amides is 2. The molecule has 0 saturated heterocycles. The summed E-state index contributed by atoms with van der Waals surface area (Å²) in [5.41, 5.74) is -0.188. The van der Waals surface area contributed by atoms with Gasteiger partial charge in [-0.15, -0.1) is 11.8 Å². The molecule has 0 saturated carbocycles. The quantitative estimate of drug-likeness (QED) is 0.232. The highest BCUT2D eigenvalue weighted by Gasteiger charge is 2.21. The fraction of sp³-hybridized carbons (Fsp3) is 0.120. The number of carbonyl (C=O) groups excluding carboxylic acids is 2. The van der Waals surface area contributed by atoms with Crippen molar-refractivity contribution in [1.82, 2.24) is 0 Å². The van der Waals surface area contributed by atoms with Gasteiger partial charge in [-0.1, -0.05) is 13.0 Å². The van der Waals surface area contributed by atoms with Gasteiger partial charge < -0.3 is 20.8 Å². The van der Waals surface area contributed by atoms with E-state index in [1.807, 2.05) is 6.92 Å². The van der Waals surface area contributed by atoms with Gasteiger partial charge in [-0.3, -0.25) is 9.59 Å². The van der Waals surface area contributed by atoms with Crippen LogP contribution in [-0.4, -0.2) is 47.6 Å². The number of sulfonamides is 1. The first-order valence-corrected chi connectivity index (χ1v) is 13.4. The summed E-state index contributed by atoms with van der Waals surface area (Å²) in [5.74, 6) is -3.83. The van der Waals surface area contributed by atoms with E-state index in [4.69, 9.17) is 10.2 Å². The summed E-state index contributed by atoms with van der Waals surface area (Å²) in [6, 6.07) is 15.2. The summed E-state index contributed by atoms with van der Waals surface area (Å²) in [4.78, 5) is 48.9. The molecule has 0 aliphatic carbocycles. The first kappa shape index (κ1) is 28.4. The summed E-state index contributed by atoms with van der Waals surface area (Å²) in [7, 11) is -3.85. The Kier molecular flexibility index (Phi) is 8.88. The lowest BCUT2D eigenvalue weighted by Gasteiger charge is -2.16. The van der Waals surface area contributed by atoms with Crippen molar-refractivity contribution in [3.63, 3.8) is 0 Å². The van der Waals surface area contributed by atoms with Gasteiger partial charge in [-0.25, -0.2) is 23.1 Å². The van der Waals surface area contributed by atoms with Gasteiger partial charge in [0, 0.05) is 16.3 Å². The summed E-state index contributed by atoms with van der Waals surface area (Å²) in [6.45, 7) is 1.82. The van der Waals surface area contributed by atoms with Gasteiger partial charge in [-0.2, -0.15) is 0 Å². The van der Waals surface area contributed by atoms with Crippen LogP contribution in [-0.2, 0) is 14.8 Å². The van der Waals surface area contributed by atoms with E-state index >= 15 is 0 Å². The van der Waals surface area contributed by atoms with E-state index in [1.165, 1.54) is 36.0 Å². The van der Waals surface area contributed by atoms with Crippen molar-refractivity contribution in [3.8, 4) is 0 Å². The van der Waals surface area contributed by atoms with Crippen molar-refractivity contribution in [1.29, 1.82) is 0 Å². The molecule has 0 bridgehead atoms. The molecule has 0 spiro atoms. The van der Waals surface area contributed by atoms with Crippen molar-refractivity contribution in [2.75, 3.05) is 10.6 Å². The Balaban J connectivity index is 1.72. The third-order valence-electron chi connectivity index (χ3n) is 5.23. The van der Waals surface area contributed by atoms with Gasteiger partial charge >= 0.3 is 11.9 Å². The third kappa shape index (κ3) is 7.18. The van der Waals surface area contributed by atoms with E-state index in [9.17, 15) is 32.7 Å². The van der Waals surface area contributed by atoms with Crippen LogP contribution in [0.1, 0.15) is 44.4 Å². The number of nitrogens with one attached hydrogen (secondary N) is 2. The number of aromatic carboxylic acids is 2. The number of rotatable bonds is 10. The Morgan fingerprint density at radius 2 is 1.55 bits per heavy atom. The lowest BCUT2D eigenvalue weighted by atomic mass is 10.0. The van der Waals surface area contributed by atoms with E-state index in [0.29, 0.717) is 22.7 Å². The highest BCUT2D eigenvalue weighted by atomic mass is 32.2. The second kappa shape index (κ2) is 11.9. The fourth-order valence-corrected chi connectivity index (χ4v) is 4.86. The number of carboxylic acid groups (broad SMARTS) is 2. The standard InChI is InChI=1S/C25H23N3O8S2/c1-2-21(23(30)27-15-7-9-18(10-8-15)38(26,35)36)37-17-5-3-4-16(13-17)28-22(29)19-11-6-14(24(31)32)12-20(19)25(33)34/h3-13,21H,2H2,1H3,(H,27,30)(H,28,29)(H,31,32)(H,33,34)(H2,26,35,36). The van der Waals surface area contributed by atoms with Gasteiger partial charge in [0.05, 0.1) is 26.8 Å². The Morgan fingerprint density at radius 3 is 2.13 bits per heavy atom. The number of nitrogens with two attached hydrogens (primary N) is 1. The van der Waals surface area contributed by atoms with Crippen LogP contribution in [0, 0.1) is 0 Å². The van der Waals surface area contributed by atoms with Crippen LogP contribution < -0.4 is 15.8 Å². The minimum Gasteiger partial charge on any atom is -0.478 e. The molecule has 0 aromatic heterocycles. The van der Waals surface area contributed by atoms with Crippen LogP contribution in [0.2, 0.25) is 0 Å². The topological polar surface area (TPSA) is 193 Å². The van der Waals surface area contributed by atoms with Gasteiger partial charge in [0.2, 0.25) is 15.9 Å². The van der Waals surface area contributed by atoms with Crippen molar-refractivity contribution >= 4 is 56.9 Å². The van der Waals surface area contributed by atoms with Gasteiger partial charge in [0.15, 0.2) is 0 Å². The van der Waals surface area contributed by atoms with E-state index in [2.05, 4.69) is 10.6 Å². The Hall–Kier alpha value is -4.20. The van der Waals surface area contributed by atoms with Crippen molar-refractivity contribution in [2.45, 2.75) is 28.4 Å². The molecule has 13 heteroatoms. The lowest BCUT2D eigenvalue weighted by Crippen LogP contribution is -2.24. The number of anilines is 2. The molecule has 198 valence electrons. The molecule has 0 radical (unpaired) electrons. The van der Waals surface area contributed by atoms with Crippen LogP contribution in [0.3, 0.4) is 0 Å². The molecule has 0 heterocycles. The number of primary sulfonamides is 1. The number of carbonyl (C=O) groups is 4. The van der Waals surface area contributed by atoms with Gasteiger partial charge in [0.1, 0.15) is 0 Å². The lowest BCUT2D eigenvalue weighted by molar-refractivity contribution is -0.115. The smallest absolute Gasteiger partial charge is 0.336 e. The zero-order chi connectivity index (χ0) is 28.0. The Labute approximate surface area is 222 Å². The van der Waals surface area contributed by atoms with E-state index in [-0.39, 0.29) is 21.9 Å². The van der Waals surface area contributed by atoms with Crippen LogP contribution in [0.25, 0.3) is 0 Å². The molecule has 0 fully saturated rings. The zero-order valence-corrected chi connectivity index (χ0v) is 21.5. The summed E-state index contributed by atoms with van der Waals surface area (Å²) < 4.78 is 22.8. The van der Waals surface area contributed by atoms with Crippen LogP contribution in [0.15, 0.2) is 76.5 Å². The number of hydrogen-bond acceptors (Lipinski definition) is 7. The molecule has 11 nitrogen and oxygen atoms in total. The van der Waals surface area contributed by atoms with Gasteiger partial charge in [-0.05, 0) is 67.1 Å². The molecule has 1 unspecified atom stereocenters. The highest BCUT2D eigenvalue weighted by molar-refractivity contribution is 8.00. The summed E-state index contributed by atoms with van der Waals surface area (Å²) >= 11 is 1.24. The van der Waals surface area contributed by atoms with Crippen LogP contribution in [0.5, 0.6) is 0 Å². The predicted octanol–water partition coefficient (Wildman–Crippen LogP) is 3.49. The maximum atomic E-state index is 12.8. The largest absolute Gasteiger partial charge is 0.478 e. The summed E-state index contributed by atoms with van der Waals surface area (Å²) in [6.07, 6.45) is 0.459. The van der Waals surface area contributed by atoms with Crippen LogP contribution in [0.4, 0.5) is 11.4 Å². The maximum Gasteiger partial charge on any atom is 0.336 e. The Morgan fingerprint density at radius 1 is 0.868 bits per heavy atom. The number of benzene rings is 3. The molecule has 3 rings (SSSR count). The second-order valence-electron chi connectivity index (χ2n) is 7.93. The summed E-state index contributed by atoms with van der Waals surface area (Å²) in [5, 5.41) is 28.4. The van der Waals surface area contributed by atoms with Crippen molar-refractivity contribution in [3.05, 3.63) is 83.4 Å². The fourth-order valence-electron chi connectivity index (χ4n) is 3.34. The maximum absolute atomic E-state index is 12.8. The SMILES string of the molecule is CCC(Sc1cccc(NC(=O)c2ccc(C(=O)O)cc2C(=O)O)c1)C(=O)Nc1ccc(S(N)(=O)=O)cc1. The minimum absolute atomic E-state index is 0.0796. The molecule has 1 atom stereocenters. The average molecular weight is 558 g/mol. The van der Waals surface area contributed by atoms with Crippen molar-refractivity contribution < 1.29 is 37.8 Å². The number of carboxylic acids is 2. The van der Waals surface area contributed by atoms with E-state index < -0.39 is 38.7 Å². The second-order valence-corrected chi connectivity index (χ2v) is 10.8. The van der Waals surface area contributed by atoms with E-state index in [1.54, 1.807) is 24.3 Å². The molecule has 2 amide bonds. The molecule has 0 aliphatic rings. The predicted molar refractivity (Wildman–Crippen MR) is 141 cm³/mol. The third-order valence-corrected chi connectivity index (χ3v) is 7.51. The highest BCUT2D eigenvalue weighted by Crippen LogP contribution is 2.29. The zero-order valence-electron chi connectivity index (χ0n) is 19.9. The normalized spacial score (nSPS) is 11.8. The Bertz CT molecular complexity index is 1510. The minimum atomic E-state index is -3.85. The molecular formula is C25H23N3O8S2. The van der Waals surface area contributed by atoms with Crippen molar-refractivity contribution in [2.24, 2.45) is 5.14 Å². The molecule has 0 aliphatic heterocycles. The first-order valence-electron chi connectivity index (χ1n) is 11.0. The number of thioether (sulfide) groups is 1. The van der Waals surface area contributed by atoms with Gasteiger partial charge in [0.25, 0.3) is 5.91 Å². The first-order chi connectivity index (χ1) is 17.9. The molecule has 6 N–H and O–H groups in total. The molecule has 3 aromatic rings. The van der Waals surface area contributed by atoms with Crippen LogP contribution >= 0.6 is 11.8 Å². The number of hydrogen-bond donors (Lipinski definition) is 5. The average Bonchev–Trinajstić information content (AvgIpc) is 2.86. The molecular weight excluding hydrogens is 534 g/mol. The monoisotopic (exact) mass is 557 g/mol. The van der Waals surface area contributed by atoms with E-state index in [0.717, 1.165) is 18.2 Å². The molecule has 3 aromatic carbocycles. The molecule has 38 heavy (non-hydrogen) atoms.